The van der Waals surface area contributed by atoms with Crippen LogP contribution in [0.25, 0.3) is 0 Å². The van der Waals surface area contributed by atoms with Crippen LogP contribution >= 0.6 is 0 Å². The molecule has 0 saturated carbocycles. The lowest BCUT2D eigenvalue weighted by Crippen LogP contribution is -2.31. The summed E-state index contributed by atoms with van der Waals surface area (Å²) in [4.78, 5) is 0. The third-order valence-electron chi connectivity index (χ3n) is 1.87. The van der Waals surface area contributed by atoms with Crippen LogP contribution in [0, 0.1) is 0 Å². The predicted octanol–water partition coefficient (Wildman–Crippen LogP) is 2.11. The van der Waals surface area contributed by atoms with E-state index in [1.165, 1.54) is 0 Å². The van der Waals surface area contributed by atoms with Crippen LogP contribution in [0.3, 0.4) is 0 Å². The molecule has 0 spiro atoms. The number of para-hydroxylation sites is 1. The first-order chi connectivity index (χ1) is 5.75. The zero-order valence-corrected chi connectivity index (χ0v) is 7.57. The number of anilines is 1. The number of hydrogen-bond acceptors (Lipinski definition) is 2. The Kier molecular flexibility index (Phi) is 2.75. The van der Waals surface area contributed by atoms with E-state index in [0.29, 0.717) is 0 Å². The minimum absolute atomic E-state index is 1.15. The zero-order valence-electron chi connectivity index (χ0n) is 7.57. The standard InChI is InChI=1S/C10H14N2/c1-4-11(2)12(3)10-8-6-5-7-9-10/h4-9H,1H2,2-3H3. The Morgan fingerprint density at radius 2 is 1.75 bits per heavy atom. The van der Waals surface area contributed by atoms with Crippen LogP contribution in [-0.2, 0) is 0 Å². The molecule has 64 valence electrons. The summed E-state index contributed by atoms with van der Waals surface area (Å²) in [6, 6.07) is 10.1. The molecular weight excluding hydrogens is 148 g/mol. The van der Waals surface area contributed by atoms with Crippen molar-refractivity contribution in [2.75, 3.05) is 19.1 Å². The second-order valence-corrected chi connectivity index (χ2v) is 2.62. The van der Waals surface area contributed by atoms with Gasteiger partial charge in [0.1, 0.15) is 0 Å². The van der Waals surface area contributed by atoms with E-state index in [9.17, 15) is 0 Å². The van der Waals surface area contributed by atoms with Crippen molar-refractivity contribution in [2.24, 2.45) is 0 Å². The van der Waals surface area contributed by atoms with Crippen molar-refractivity contribution in [3.8, 4) is 0 Å². The lowest BCUT2D eigenvalue weighted by molar-refractivity contribution is 0.445. The van der Waals surface area contributed by atoms with Gasteiger partial charge in [0, 0.05) is 20.3 Å². The lowest BCUT2D eigenvalue weighted by atomic mass is 10.3. The second-order valence-electron chi connectivity index (χ2n) is 2.62. The van der Waals surface area contributed by atoms with E-state index in [0.717, 1.165) is 5.69 Å². The number of rotatable bonds is 3. The number of hydrogen-bond donors (Lipinski definition) is 0. The van der Waals surface area contributed by atoms with Crippen molar-refractivity contribution in [2.45, 2.75) is 0 Å². The average molecular weight is 162 g/mol. The van der Waals surface area contributed by atoms with Crippen LogP contribution in [0.1, 0.15) is 0 Å². The minimum atomic E-state index is 1.15. The average Bonchev–Trinajstić information content (AvgIpc) is 2.17. The maximum Gasteiger partial charge on any atom is 0.0570 e. The van der Waals surface area contributed by atoms with E-state index in [-0.39, 0.29) is 0 Å². The van der Waals surface area contributed by atoms with E-state index in [1.807, 2.05) is 42.3 Å². The van der Waals surface area contributed by atoms with Crippen LogP contribution < -0.4 is 5.01 Å². The van der Waals surface area contributed by atoms with Crippen molar-refractivity contribution in [1.29, 1.82) is 0 Å². The van der Waals surface area contributed by atoms with Gasteiger partial charge in [0.2, 0.25) is 0 Å². The quantitative estimate of drug-likeness (QED) is 0.628. The summed E-state index contributed by atoms with van der Waals surface area (Å²) < 4.78 is 0. The van der Waals surface area contributed by atoms with Gasteiger partial charge >= 0.3 is 0 Å². The molecule has 0 fully saturated rings. The summed E-state index contributed by atoms with van der Waals surface area (Å²) in [5.74, 6) is 0. The molecule has 12 heavy (non-hydrogen) atoms. The number of hydrazine groups is 1. The highest BCUT2D eigenvalue weighted by Gasteiger charge is 2.00. The van der Waals surface area contributed by atoms with Gasteiger partial charge in [0.15, 0.2) is 0 Å². The molecule has 0 aliphatic heterocycles. The van der Waals surface area contributed by atoms with E-state index in [4.69, 9.17) is 0 Å². The van der Waals surface area contributed by atoms with Crippen molar-refractivity contribution in [1.82, 2.24) is 5.01 Å². The van der Waals surface area contributed by atoms with Crippen LogP contribution in [-0.4, -0.2) is 19.1 Å². The van der Waals surface area contributed by atoms with Gasteiger partial charge < -0.3 is 0 Å². The van der Waals surface area contributed by atoms with E-state index < -0.39 is 0 Å². The molecule has 1 aromatic rings. The van der Waals surface area contributed by atoms with E-state index in [1.54, 1.807) is 6.20 Å². The first kappa shape index (κ1) is 8.65. The number of nitrogens with zero attached hydrogens (tertiary/aromatic N) is 2. The van der Waals surface area contributed by atoms with Gasteiger partial charge in [-0.25, -0.2) is 0 Å². The molecule has 0 unspecified atom stereocenters. The van der Waals surface area contributed by atoms with Gasteiger partial charge in [-0.1, -0.05) is 24.8 Å². The van der Waals surface area contributed by atoms with Crippen LogP contribution in [0.15, 0.2) is 43.1 Å². The Morgan fingerprint density at radius 1 is 1.17 bits per heavy atom. The predicted molar refractivity (Wildman–Crippen MR) is 52.8 cm³/mol. The fourth-order valence-electron chi connectivity index (χ4n) is 0.948. The molecule has 0 N–H and O–H groups in total. The van der Waals surface area contributed by atoms with Gasteiger partial charge in [0.05, 0.1) is 5.69 Å². The van der Waals surface area contributed by atoms with Crippen LogP contribution in [0.2, 0.25) is 0 Å². The Hall–Kier alpha value is -1.44. The van der Waals surface area contributed by atoms with Gasteiger partial charge in [-0.2, -0.15) is 0 Å². The van der Waals surface area contributed by atoms with Gasteiger partial charge in [-0.05, 0) is 12.1 Å². The summed E-state index contributed by atoms with van der Waals surface area (Å²) in [7, 11) is 3.96. The Balaban J connectivity index is 2.78. The fraction of sp³-hybridized carbons (Fsp3) is 0.200. The highest BCUT2D eigenvalue weighted by atomic mass is 15.6. The largest absolute Gasteiger partial charge is 0.297 e. The Morgan fingerprint density at radius 3 is 2.25 bits per heavy atom. The normalized spacial score (nSPS) is 9.17. The van der Waals surface area contributed by atoms with Crippen molar-refractivity contribution >= 4 is 5.69 Å². The summed E-state index contributed by atoms with van der Waals surface area (Å²) >= 11 is 0. The Labute approximate surface area is 73.7 Å². The maximum atomic E-state index is 3.69. The molecule has 2 heteroatoms. The van der Waals surface area contributed by atoms with Crippen molar-refractivity contribution in [3.05, 3.63) is 43.1 Å². The van der Waals surface area contributed by atoms with Crippen molar-refractivity contribution in [3.63, 3.8) is 0 Å². The SMILES string of the molecule is C=CN(C)N(C)c1ccccc1. The summed E-state index contributed by atoms with van der Waals surface area (Å²) in [5, 5.41) is 3.95. The molecule has 2 nitrogen and oxygen atoms in total. The van der Waals surface area contributed by atoms with Crippen molar-refractivity contribution < 1.29 is 0 Å². The molecule has 1 aromatic carbocycles. The highest BCUT2D eigenvalue weighted by Crippen LogP contribution is 2.11. The molecule has 0 atom stereocenters. The molecule has 0 heterocycles. The van der Waals surface area contributed by atoms with Crippen LogP contribution in [0.4, 0.5) is 5.69 Å². The molecule has 0 bridgehead atoms. The van der Waals surface area contributed by atoms with Gasteiger partial charge in [-0.15, -0.1) is 0 Å². The smallest absolute Gasteiger partial charge is 0.0570 e. The molecular formula is C10H14N2. The fourth-order valence-corrected chi connectivity index (χ4v) is 0.948. The highest BCUT2D eigenvalue weighted by molar-refractivity contribution is 5.43. The third-order valence-corrected chi connectivity index (χ3v) is 1.87. The maximum absolute atomic E-state index is 3.69. The monoisotopic (exact) mass is 162 g/mol. The first-order valence-corrected chi connectivity index (χ1v) is 3.90. The van der Waals surface area contributed by atoms with E-state index >= 15 is 0 Å². The number of benzene rings is 1. The summed E-state index contributed by atoms with van der Waals surface area (Å²) in [6.07, 6.45) is 1.77. The molecule has 0 aromatic heterocycles. The summed E-state index contributed by atoms with van der Waals surface area (Å²) in [6.45, 7) is 3.69. The molecule has 0 aliphatic rings. The molecule has 0 radical (unpaired) electrons. The topological polar surface area (TPSA) is 6.48 Å². The molecule has 0 aliphatic carbocycles. The third kappa shape index (κ3) is 1.78. The molecule has 0 saturated heterocycles. The second kappa shape index (κ2) is 3.81. The van der Waals surface area contributed by atoms with Gasteiger partial charge in [0.25, 0.3) is 0 Å². The van der Waals surface area contributed by atoms with Crippen LogP contribution in [0.5, 0.6) is 0 Å². The molecule has 0 amide bonds. The van der Waals surface area contributed by atoms with E-state index in [2.05, 4.69) is 18.7 Å². The lowest BCUT2D eigenvalue weighted by Gasteiger charge is -2.28. The Bertz CT molecular complexity index is 243. The zero-order chi connectivity index (χ0) is 8.97. The molecule has 1 rings (SSSR count). The summed E-state index contributed by atoms with van der Waals surface area (Å²) in [5.41, 5.74) is 1.15. The first-order valence-electron chi connectivity index (χ1n) is 3.90. The van der Waals surface area contributed by atoms with Gasteiger partial charge in [-0.3, -0.25) is 10.0 Å². The minimum Gasteiger partial charge on any atom is -0.297 e.